The maximum absolute atomic E-state index is 13.2. The summed E-state index contributed by atoms with van der Waals surface area (Å²) < 4.78 is 52.2. The molecule has 0 atom stereocenters. The Bertz CT molecular complexity index is 1180. The van der Waals surface area contributed by atoms with Gasteiger partial charge < -0.3 is 0 Å². The first-order chi connectivity index (χ1) is 16.4. The molecule has 0 amide bonds. The van der Waals surface area contributed by atoms with E-state index in [0.29, 0.717) is 11.6 Å². The van der Waals surface area contributed by atoms with Crippen LogP contribution in [0.2, 0.25) is 0 Å². The van der Waals surface area contributed by atoms with Gasteiger partial charge in [-0.1, -0.05) is 18.2 Å². The van der Waals surface area contributed by atoms with E-state index in [1.165, 1.54) is 43.0 Å². The predicted octanol–water partition coefficient (Wildman–Crippen LogP) is 2.18. The average Bonchev–Trinajstić information content (AvgIpc) is 3.50. The topological polar surface area (TPSA) is 151 Å². The normalized spacial score (nSPS) is 9.06. The van der Waals surface area contributed by atoms with E-state index in [1.807, 2.05) is 0 Å². The van der Waals surface area contributed by atoms with Gasteiger partial charge in [-0.05, 0) is 23.8 Å². The predicted molar refractivity (Wildman–Crippen MR) is 101 cm³/mol. The Labute approximate surface area is 188 Å². The van der Waals surface area contributed by atoms with Crippen LogP contribution in [0.1, 0.15) is 22.8 Å². The zero-order valence-electron chi connectivity index (χ0n) is 17.0. The molecule has 0 saturated heterocycles. The zero-order valence-corrected chi connectivity index (χ0v) is 17.0. The Balaban J connectivity index is 0.000000277. The van der Waals surface area contributed by atoms with Crippen LogP contribution < -0.4 is 0 Å². The van der Waals surface area contributed by atoms with Crippen LogP contribution in [0.4, 0.5) is 17.6 Å². The number of rotatable bonds is 4. The summed E-state index contributed by atoms with van der Waals surface area (Å²) in [5.41, 5.74) is 0.269. The number of aromatic amines is 2. The fraction of sp³-hybridized carbons (Fsp3) is 0.100. The number of H-pyrrole nitrogens is 2. The molecule has 2 aromatic carbocycles. The van der Waals surface area contributed by atoms with Crippen LogP contribution in [0.25, 0.3) is 0 Å². The molecule has 4 aromatic rings. The zero-order chi connectivity index (χ0) is 25.3. The van der Waals surface area contributed by atoms with Crippen molar-refractivity contribution in [3.63, 3.8) is 0 Å². The van der Waals surface area contributed by atoms with Crippen molar-refractivity contribution >= 4 is 12.3 Å². The van der Waals surface area contributed by atoms with Gasteiger partial charge in [0.25, 0.3) is 0 Å². The lowest BCUT2D eigenvalue weighted by atomic mass is 10.1. The van der Waals surface area contributed by atoms with E-state index in [1.54, 1.807) is 0 Å². The van der Waals surface area contributed by atoms with Crippen molar-refractivity contribution in [3.05, 3.63) is 95.1 Å². The van der Waals surface area contributed by atoms with Crippen LogP contribution in [0.15, 0.2) is 49.1 Å². The Morgan fingerprint density at radius 2 is 1.12 bits per heavy atom. The van der Waals surface area contributed by atoms with Gasteiger partial charge in [-0.25, -0.2) is 27.5 Å². The van der Waals surface area contributed by atoms with Gasteiger partial charge in [-0.15, -0.1) is 0 Å². The Hall–Kier alpha value is -4.80. The highest BCUT2D eigenvalue weighted by Crippen LogP contribution is 2.15. The Morgan fingerprint density at radius 1 is 0.676 bits per heavy atom. The van der Waals surface area contributed by atoms with E-state index in [2.05, 4.69) is 30.4 Å². The standard InChI is InChI=1S/2C9H7F2N3.2CO2/c10-7-2-1-3-8(11)6(7)4-9-12-5-13-14-9;10-7-3-1-2-6(9(7)11)4-8-12-5-13-14-8;2*2-1-3/h2*1-3,5H,4H2,(H,12,13,14);;. The van der Waals surface area contributed by atoms with Crippen LogP contribution in [0, 0.1) is 23.3 Å². The molecule has 34 heavy (non-hydrogen) atoms. The van der Waals surface area contributed by atoms with E-state index < -0.39 is 23.3 Å². The lowest BCUT2D eigenvalue weighted by Gasteiger charge is -2.01. The molecule has 176 valence electrons. The largest absolute Gasteiger partial charge is 0.373 e. The summed E-state index contributed by atoms with van der Waals surface area (Å²) in [5.74, 6) is -1.86. The third kappa shape index (κ3) is 9.14. The molecule has 14 heteroatoms. The number of carbonyl (C=O) groups excluding carboxylic acids is 4. The number of aromatic nitrogens is 6. The highest BCUT2D eigenvalue weighted by Gasteiger charge is 2.10. The smallest absolute Gasteiger partial charge is 0.263 e. The molecule has 4 rings (SSSR count). The van der Waals surface area contributed by atoms with Gasteiger partial charge in [-0.2, -0.15) is 29.4 Å². The van der Waals surface area contributed by atoms with Crippen molar-refractivity contribution in [1.82, 2.24) is 30.4 Å². The molecule has 0 aliphatic rings. The number of benzene rings is 2. The number of hydrogen-bond acceptors (Lipinski definition) is 8. The van der Waals surface area contributed by atoms with Crippen molar-refractivity contribution in [1.29, 1.82) is 0 Å². The number of halogens is 4. The number of nitrogens with one attached hydrogen (secondary N) is 2. The van der Waals surface area contributed by atoms with Crippen molar-refractivity contribution < 1.29 is 36.7 Å². The summed E-state index contributed by atoms with van der Waals surface area (Å²) in [6.45, 7) is 0. The van der Waals surface area contributed by atoms with E-state index in [4.69, 9.17) is 19.2 Å². The van der Waals surface area contributed by atoms with Crippen molar-refractivity contribution in [2.75, 3.05) is 0 Å². The first kappa shape index (κ1) is 27.2. The van der Waals surface area contributed by atoms with Gasteiger partial charge in [0, 0.05) is 18.4 Å². The molecule has 0 fully saturated rings. The average molecular weight is 478 g/mol. The third-order valence-electron chi connectivity index (χ3n) is 3.73. The maximum Gasteiger partial charge on any atom is 0.373 e. The molecular formula is C20H14F4N6O4. The van der Waals surface area contributed by atoms with Crippen LogP contribution >= 0.6 is 0 Å². The molecule has 0 saturated carbocycles. The highest BCUT2D eigenvalue weighted by atomic mass is 19.2. The Kier molecular flexibility index (Phi) is 12.1. The molecule has 2 heterocycles. The summed E-state index contributed by atoms with van der Waals surface area (Å²) in [4.78, 5) is 40.1. The third-order valence-corrected chi connectivity index (χ3v) is 3.73. The molecule has 0 bridgehead atoms. The number of hydrogen-bond donors (Lipinski definition) is 2. The molecule has 2 aromatic heterocycles. The van der Waals surface area contributed by atoms with Gasteiger partial charge >= 0.3 is 12.3 Å². The number of nitrogens with zero attached hydrogens (tertiary/aromatic N) is 4. The fourth-order valence-electron chi connectivity index (χ4n) is 2.37. The van der Waals surface area contributed by atoms with E-state index >= 15 is 0 Å². The minimum atomic E-state index is -0.845. The second-order valence-electron chi connectivity index (χ2n) is 5.80. The van der Waals surface area contributed by atoms with Gasteiger partial charge in [0.15, 0.2) is 11.6 Å². The summed E-state index contributed by atoms with van der Waals surface area (Å²) in [6.07, 6.45) is 3.42. The lowest BCUT2D eigenvalue weighted by Crippen LogP contribution is -1.98. The van der Waals surface area contributed by atoms with E-state index in [0.717, 1.165) is 6.07 Å². The molecular weight excluding hydrogens is 464 g/mol. The Morgan fingerprint density at radius 3 is 1.59 bits per heavy atom. The van der Waals surface area contributed by atoms with Crippen molar-refractivity contribution in [2.24, 2.45) is 0 Å². The first-order valence-electron chi connectivity index (χ1n) is 8.90. The molecule has 0 unspecified atom stereocenters. The van der Waals surface area contributed by atoms with Crippen molar-refractivity contribution in [3.8, 4) is 0 Å². The summed E-state index contributed by atoms with van der Waals surface area (Å²) in [7, 11) is 0. The maximum atomic E-state index is 13.2. The highest BCUT2D eigenvalue weighted by molar-refractivity contribution is 5.23. The molecule has 10 nitrogen and oxygen atoms in total. The molecule has 0 aliphatic carbocycles. The van der Waals surface area contributed by atoms with Crippen LogP contribution in [-0.4, -0.2) is 42.7 Å². The van der Waals surface area contributed by atoms with E-state index in [9.17, 15) is 17.6 Å². The summed E-state index contributed by atoms with van der Waals surface area (Å²) in [5, 5.41) is 12.3. The van der Waals surface area contributed by atoms with Gasteiger partial charge in [0.1, 0.15) is 35.9 Å². The summed E-state index contributed by atoms with van der Waals surface area (Å²) in [6, 6.07) is 7.82. The van der Waals surface area contributed by atoms with Gasteiger partial charge in [0.05, 0.1) is 0 Å². The second-order valence-corrected chi connectivity index (χ2v) is 5.80. The molecule has 2 N–H and O–H groups in total. The second kappa shape index (κ2) is 15.1. The van der Waals surface area contributed by atoms with Crippen LogP contribution in [0.3, 0.4) is 0 Å². The van der Waals surface area contributed by atoms with Crippen LogP contribution in [0.5, 0.6) is 0 Å². The minimum absolute atomic E-state index is 0.00394. The molecule has 0 spiro atoms. The summed E-state index contributed by atoms with van der Waals surface area (Å²) >= 11 is 0. The quantitative estimate of drug-likeness (QED) is 0.424. The first-order valence-corrected chi connectivity index (χ1v) is 8.90. The minimum Gasteiger partial charge on any atom is -0.263 e. The van der Waals surface area contributed by atoms with Gasteiger partial charge in [-0.3, -0.25) is 10.2 Å². The lowest BCUT2D eigenvalue weighted by molar-refractivity contribution is -0.193. The monoisotopic (exact) mass is 478 g/mol. The van der Waals surface area contributed by atoms with E-state index in [-0.39, 0.29) is 36.3 Å². The molecule has 0 aliphatic heterocycles. The van der Waals surface area contributed by atoms with Crippen molar-refractivity contribution in [2.45, 2.75) is 12.8 Å². The van der Waals surface area contributed by atoms with Gasteiger partial charge in [0.2, 0.25) is 0 Å². The molecule has 0 radical (unpaired) electrons. The fourth-order valence-corrected chi connectivity index (χ4v) is 2.37. The SMILES string of the molecule is Fc1cccc(Cc2ncn[nH]2)c1F.Fc1cccc(F)c1Cc1ncn[nH]1.O=C=O.O=C=O. The van der Waals surface area contributed by atoms with Crippen LogP contribution in [-0.2, 0) is 32.0 Å².